The molecular formula is C10H5FN4OS. The van der Waals surface area contributed by atoms with Gasteiger partial charge in [0.05, 0.1) is 17.4 Å². The number of aromatic nitrogens is 2. The summed E-state index contributed by atoms with van der Waals surface area (Å²) in [6, 6.07) is 5.36. The SMILES string of the molecule is N#Cc1cc(F)ccc1NC(=O)c1cnns1. The predicted octanol–water partition coefficient (Wildman–Crippen LogP) is 1.80. The summed E-state index contributed by atoms with van der Waals surface area (Å²) in [5.41, 5.74) is 0.322. The minimum absolute atomic E-state index is 0.0656. The molecular weight excluding hydrogens is 243 g/mol. The van der Waals surface area contributed by atoms with Crippen LogP contribution in [0.1, 0.15) is 15.2 Å². The Morgan fingerprint density at radius 2 is 2.35 bits per heavy atom. The van der Waals surface area contributed by atoms with Crippen LogP contribution in [0.5, 0.6) is 0 Å². The van der Waals surface area contributed by atoms with E-state index in [0.717, 1.165) is 17.6 Å². The number of hydrogen-bond acceptors (Lipinski definition) is 5. The summed E-state index contributed by atoms with van der Waals surface area (Å²) < 4.78 is 16.4. The molecule has 0 saturated carbocycles. The van der Waals surface area contributed by atoms with Crippen LogP contribution in [-0.4, -0.2) is 15.5 Å². The molecule has 2 rings (SSSR count). The highest BCUT2D eigenvalue weighted by Crippen LogP contribution is 2.17. The second-order valence-electron chi connectivity index (χ2n) is 3.04. The summed E-state index contributed by atoms with van der Waals surface area (Å²) in [6.45, 7) is 0. The number of hydrogen-bond donors (Lipinski definition) is 1. The maximum Gasteiger partial charge on any atom is 0.269 e. The van der Waals surface area contributed by atoms with Crippen molar-refractivity contribution in [2.24, 2.45) is 0 Å². The molecule has 0 unspecified atom stereocenters. The third-order valence-electron chi connectivity index (χ3n) is 1.94. The monoisotopic (exact) mass is 248 g/mol. The van der Waals surface area contributed by atoms with Crippen LogP contribution in [0.2, 0.25) is 0 Å². The number of halogens is 1. The van der Waals surface area contributed by atoms with Crippen LogP contribution in [0.25, 0.3) is 0 Å². The molecule has 84 valence electrons. The Labute approximate surface area is 99.7 Å². The molecule has 1 aromatic heterocycles. The van der Waals surface area contributed by atoms with Gasteiger partial charge in [-0.25, -0.2) is 4.39 Å². The number of anilines is 1. The van der Waals surface area contributed by atoms with Gasteiger partial charge in [-0.05, 0) is 29.7 Å². The van der Waals surface area contributed by atoms with E-state index in [4.69, 9.17) is 5.26 Å². The van der Waals surface area contributed by atoms with Gasteiger partial charge in [0.25, 0.3) is 5.91 Å². The van der Waals surface area contributed by atoms with Crippen LogP contribution in [0.4, 0.5) is 10.1 Å². The third-order valence-corrected chi connectivity index (χ3v) is 2.60. The summed E-state index contributed by atoms with van der Waals surface area (Å²) >= 11 is 0.937. The van der Waals surface area contributed by atoms with E-state index >= 15 is 0 Å². The van der Waals surface area contributed by atoms with Crippen LogP contribution in [-0.2, 0) is 0 Å². The van der Waals surface area contributed by atoms with Crippen LogP contribution in [0, 0.1) is 17.1 Å². The zero-order chi connectivity index (χ0) is 12.3. The number of benzene rings is 1. The molecule has 7 heteroatoms. The van der Waals surface area contributed by atoms with E-state index in [1.807, 2.05) is 0 Å². The van der Waals surface area contributed by atoms with Gasteiger partial charge < -0.3 is 5.32 Å². The molecule has 5 nitrogen and oxygen atoms in total. The number of nitrogens with zero attached hydrogens (tertiary/aromatic N) is 3. The molecule has 0 bridgehead atoms. The second-order valence-corrected chi connectivity index (χ2v) is 3.82. The van der Waals surface area contributed by atoms with E-state index in [9.17, 15) is 9.18 Å². The molecule has 0 radical (unpaired) electrons. The first-order chi connectivity index (χ1) is 8.20. The summed E-state index contributed by atoms with van der Waals surface area (Å²) in [7, 11) is 0. The van der Waals surface area contributed by atoms with Crippen LogP contribution in [0.15, 0.2) is 24.4 Å². The zero-order valence-electron chi connectivity index (χ0n) is 8.35. The van der Waals surface area contributed by atoms with Gasteiger partial charge >= 0.3 is 0 Å². The fourth-order valence-corrected chi connectivity index (χ4v) is 1.58. The van der Waals surface area contributed by atoms with Crippen molar-refractivity contribution < 1.29 is 9.18 Å². The normalized spacial score (nSPS) is 9.65. The van der Waals surface area contributed by atoms with E-state index in [2.05, 4.69) is 14.9 Å². The third kappa shape index (κ3) is 2.43. The Morgan fingerprint density at radius 3 is 3.00 bits per heavy atom. The van der Waals surface area contributed by atoms with Crippen LogP contribution in [0.3, 0.4) is 0 Å². The van der Waals surface area contributed by atoms with E-state index in [-0.39, 0.29) is 11.3 Å². The van der Waals surface area contributed by atoms with Crippen molar-refractivity contribution in [3.05, 3.63) is 40.7 Å². The number of amides is 1. The van der Waals surface area contributed by atoms with Crippen molar-refractivity contribution in [2.75, 3.05) is 5.32 Å². The Balaban J connectivity index is 2.25. The fraction of sp³-hybridized carbons (Fsp3) is 0. The average molecular weight is 248 g/mol. The molecule has 2 aromatic rings. The lowest BCUT2D eigenvalue weighted by Crippen LogP contribution is -2.11. The quantitative estimate of drug-likeness (QED) is 0.878. The Kier molecular flexibility index (Phi) is 3.07. The van der Waals surface area contributed by atoms with Gasteiger partial charge in [-0.1, -0.05) is 4.49 Å². The van der Waals surface area contributed by atoms with Gasteiger partial charge in [0.15, 0.2) is 0 Å². The smallest absolute Gasteiger partial charge is 0.269 e. The topological polar surface area (TPSA) is 78.7 Å². The molecule has 1 aromatic carbocycles. The molecule has 0 atom stereocenters. The Hall–Kier alpha value is -2.33. The van der Waals surface area contributed by atoms with Gasteiger partial charge in [0.2, 0.25) is 0 Å². The van der Waals surface area contributed by atoms with Crippen molar-refractivity contribution in [1.82, 2.24) is 9.59 Å². The van der Waals surface area contributed by atoms with Crippen LogP contribution >= 0.6 is 11.5 Å². The lowest BCUT2D eigenvalue weighted by molar-refractivity contribution is 0.103. The molecule has 0 aliphatic heterocycles. The van der Waals surface area contributed by atoms with E-state index in [1.165, 1.54) is 18.3 Å². The highest BCUT2D eigenvalue weighted by Gasteiger charge is 2.11. The lowest BCUT2D eigenvalue weighted by atomic mass is 10.2. The molecule has 0 fully saturated rings. The van der Waals surface area contributed by atoms with Gasteiger partial charge in [0.1, 0.15) is 16.8 Å². The van der Waals surface area contributed by atoms with Gasteiger partial charge in [-0.3, -0.25) is 4.79 Å². The summed E-state index contributed by atoms with van der Waals surface area (Å²) in [5, 5.41) is 14.8. The number of nitrogens with one attached hydrogen (secondary N) is 1. The summed E-state index contributed by atoms with van der Waals surface area (Å²) in [4.78, 5) is 12.0. The maximum absolute atomic E-state index is 12.9. The fourth-order valence-electron chi connectivity index (χ4n) is 1.17. The minimum atomic E-state index is -0.529. The highest BCUT2D eigenvalue weighted by molar-refractivity contribution is 7.07. The largest absolute Gasteiger partial charge is 0.320 e. The van der Waals surface area contributed by atoms with E-state index in [0.29, 0.717) is 4.88 Å². The van der Waals surface area contributed by atoms with Gasteiger partial charge in [-0.15, -0.1) is 5.10 Å². The average Bonchev–Trinajstić information content (AvgIpc) is 2.85. The number of nitriles is 1. The van der Waals surface area contributed by atoms with Crippen LogP contribution < -0.4 is 5.32 Å². The number of carbonyl (C=O) groups excluding carboxylic acids is 1. The zero-order valence-corrected chi connectivity index (χ0v) is 9.16. The van der Waals surface area contributed by atoms with Crippen molar-refractivity contribution >= 4 is 23.1 Å². The van der Waals surface area contributed by atoms with E-state index in [1.54, 1.807) is 6.07 Å². The van der Waals surface area contributed by atoms with Crippen molar-refractivity contribution in [3.63, 3.8) is 0 Å². The standard InChI is InChI=1S/C10H5FN4OS/c11-7-1-2-8(6(3-7)4-12)14-10(16)9-5-13-15-17-9/h1-3,5H,(H,14,16). The number of rotatable bonds is 2. The first-order valence-corrected chi connectivity index (χ1v) is 5.26. The summed E-state index contributed by atoms with van der Waals surface area (Å²) in [6.07, 6.45) is 1.32. The molecule has 0 spiro atoms. The lowest BCUT2D eigenvalue weighted by Gasteiger charge is -2.04. The molecule has 1 N–H and O–H groups in total. The van der Waals surface area contributed by atoms with Crippen molar-refractivity contribution in [3.8, 4) is 6.07 Å². The minimum Gasteiger partial charge on any atom is -0.320 e. The van der Waals surface area contributed by atoms with Crippen molar-refractivity contribution in [1.29, 1.82) is 5.26 Å². The molecule has 1 heterocycles. The van der Waals surface area contributed by atoms with Gasteiger partial charge in [-0.2, -0.15) is 5.26 Å². The summed E-state index contributed by atoms with van der Waals surface area (Å²) in [5.74, 6) is -0.956. The second kappa shape index (κ2) is 4.67. The maximum atomic E-state index is 12.9. The first-order valence-electron chi connectivity index (χ1n) is 4.49. The molecule has 17 heavy (non-hydrogen) atoms. The molecule has 0 aliphatic rings. The number of carbonyl (C=O) groups is 1. The highest BCUT2D eigenvalue weighted by atomic mass is 32.1. The first kappa shape index (κ1) is 11.2. The predicted molar refractivity (Wildman–Crippen MR) is 59.0 cm³/mol. The van der Waals surface area contributed by atoms with Gasteiger partial charge in [0, 0.05) is 0 Å². The van der Waals surface area contributed by atoms with Crippen molar-refractivity contribution in [2.45, 2.75) is 0 Å². The Morgan fingerprint density at radius 1 is 1.53 bits per heavy atom. The molecule has 0 saturated heterocycles. The van der Waals surface area contributed by atoms with E-state index < -0.39 is 11.7 Å². The Bertz CT molecular complexity index is 591. The molecule has 1 amide bonds. The molecule has 0 aliphatic carbocycles.